The van der Waals surface area contributed by atoms with Crippen LogP contribution in [-0.4, -0.2) is 33.8 Å². The molecule has 150 valence electrons. The number of phenols is 1. The van der Waals surface area contributed by atoms with Crippen molar-refractivity contribution in [2.75, 3.05) is 17.7 Å². The molecule has 0 spiro atoms. The average molecular weight is 459 g/mol. The molecule has 0 unspecified atom stereocenters. The van der Waals surface area contributed by atoms with E-state index in [-0.39, 0.29) is 23.8 Å². The van der Waals surface area contributed by atoms with Gasteiger partial charge in [-0.25, -0.2) is 0 Å². The van der Waals surface area contributed by atoms with Gasteiger partial charge in [0.2, 0.25) is 5.91 Å². The molecule has 0 aliphatic heterocycles. The Morgan fingerprint density at radius 1 is 1.17 bits per heavy atom. The van der Waals surface area contributed by atoms with E-state index in [0.29, 0.717) is 21.6 Å². The van der Waals surface area contributed by atoms with Crippen molar-refractivity contribution >= 4 is 39.1 Å². The standard InChI is InChI=1S/C20H19BrN4O4/c1-12-7-16(19(27)17(21)8-12)20(28)24-14-9-22-25(10-14)11-18(26)23-13-3-5-15(29-2)6-4-13/h3-10,27H,11H2,1-2H3,(H,23,26)(H,24,28). The number of phenolic OH excluding ortho intramolecular Hbond substituents is 1. The number of ether oxygens (including phenoxy) is 1. The second-order valence-corrected chi connectivity index (χ2v) is 7.15. The minimum absolute atomic E-state index is 0.0247. The Labute approximate surface area is 175 Å². The Balaban J connectivity index is 1.61. The zero-order valence-corrected chi connectivity index (χ0v) is 17.4. The van der Waals surface area contributed by atoms with E-state index in [0.717, 1.165) is 5.56 Å². The van der Waals surface area contributed by atoms with Gasteiger partial charge < -0.3 is 20.5 Å². The Hall–Kier alpha value is -3.33. The van der Waals surface area contributed by atoms with Gasteiger partial charge in [-0.2, -0.15) is 5.10 Å². The van der Waals surface area contributed by atoms with Gasteiger partial charge in [0.15, 0.2) is 0 Å². The third-order valence-corrected chi connectivity index (χ3v) is 4.63. The first-order chi connectivity index (χ1) is 13.9. The molecular formula is C20H19BrN4O4. The van der Waals surface area contributed by atoms with Gasteiger partial charge in [0.05, 0.1) is 29.0 Å². The predicted molar refractivity (Wildman–Crippen MR) is 112 cm³/mol. The highest BCUT2D eigenvalue weighted by molar-refractivity contribution is 9.10. The number of halogens is 1. The van der Waals surface area contributed by atoms with Crippen LogP contribution in [0.25, 0.3) is 0 Å². The summed E-state index contributed by atoms with van der Waals surface area (Å²) in [5.74, 6) is -0.188. The number of carbonyl (C=O) groups excluding carboxylic acids is 2. The summed E-state index contributed by atoms with van der Waals surface area (Å²) in [4.78, 5) is 24.6. The number of aryl methyl sites for hydroxylation is 1. The molecule has 9 heteroatoms. The summed E-state index contributed by atoms with van der Waals surface area (Å²) < 4.78 is 6.92. The second kappa shape index (κ2) is 8.78. The van der Waals surface area contributed by atoms with Gasteiger partial charge in [0, 0.05) is 11.9 Å². The number of amides is 2. The summed E-state index contributed by atoms with van der Waals surface area (Å²) in [6.45, 7) is 1.80. The number of benzene rings is 2. The summed E-state index contributed by atoms with van der Waals surface area (Å²) in [6, 6.07) is 10.3. The fourth-order valence-electron chi connectivity index (χ4n) is 2.64. The van der Waals surface area contributed by atoms with Crippen LogP contribution in [0.4, 0.5) is 11.4 Å². The zero-order chi connectivity index (χ0) is 21.0. The number of nitrogens with one attached hydrogen (secondary N) is 2. The third kappa shape index (κ3) is 5.14. The number of aromatic nitrogens is 2. The lowest BCUT2D eigenvalue weighted by molar-refractivity contribution is -0.116. The summed E-state index contributed by atoms with van der Waals surface area (Å²) in [6.07, 6.45) is 2.97. The van der Waals surface area contributed by atoms with Crippen molar-refractivity contribution in [3.05, 3.63) is 64.4 Å². The van der Waals surface area contributed by atoms with E-state index in [2.05, 4.69) is 31.7 Å². The minimum atomic E-state index is -0.478. The number of aromatic hydroxyl groups is 1. The molecule has 0 aliphatic rings. The van der Waals surface area contributed by atoms with E-state index >= 15 is 0 Å². The molecule has 2 aromatic carbocycles. The summed E-state index contributed by atoms with van der Waals surface area (Å²) in [5.41, 5.74) is 2.01. The number of methoxy groups -OCH3 is 1. The number of nitrogens with zero attached hydrogens (tertiary/aromatic N) is 2. The third-order valence-electron chi connectivity index (χ3n) is 4.02. The monoisotopic (exact) mass is 458 g/mol. The van der Waals surface area contributed by atoms with E-state index in [1.807, 2.05) is 6.92 Å². The number of hydrogen-bond acceptors (Lipinski definition) is 5. The lowest BCUT2D eigenvalue weighted by Crippen LogP contribution is -2.19. The number of anilines is 2. The fraction of sp³-hybridized carbons (Fsp3) is 0.150. The molecule has 3 aromatic rings. The fourth-order valence-corrected chi connectivity index (χ4v) is 3.22. The van der Waals surface area contributed by atoms with Crippen molar-refractivity contribution < 1.29 is 19.4 Å². The highest BCUT2D eigenvalue weighted by atomic mass is 79.9. The molecule has 0 bridgehead atoms. The summed E-state index contributed by atoms with van der Waals surface area (Å²) in [7, 11) is 1.57. The molecule has 8 nitrogen and oxygen atoms in total. The molecule has 0 saturated carbocycles. The predicted octanol–water partition coefficient (Wildman–Crippen LogP) is 3.56. The summed E-state index contributed by atoms with van der Waals surface area (Å²) >= 11 is 3.22. The Bertz CT molecular complexity index is 1050. The van der Waals surface area contributed by atoms with Crippen LogP contribution in [0.15, 0.2) is 53.3 Å². The van der Waals surface area contributed by atoms with E-state index in [4.69, 9.17) is 4.74 Å². The van der Waals surface area contributed by atoms with Crippen molar-refractivity contribution in [3.8, 4) is 11.5 Å². The largest absolute Gasteiger partial charge is 0.506 e. The van der Waals surface area contributed by atoms with Gasteiger partial charge in [0.25, 0.3) is 5.91 Å². The van der Waals surface area contributed by atoms with E-state index in [1.54, 1.807) is 43.5 Å². The first kappa shape index (κ1) is 20.4. The quantitative estimate of drug-likeness (QED) is 0.523. The molecule has 1 heterocycles. The van der Waals surface area contributed by atoms with Gasteiger partial charge in [-0.3, -0.25) is 14.3 Å². The van der Waals surface area contributed by atoms with Crippen molar-refractivity contribution in [1.29, 1.82) is 0 Å². The number of hydrogen-bond donors (Lipinski definition) is 3. The van der Waals surface area contributed by atoms with Crippen LogP contribution in [0.3, 0.4) is 0 Å². The van der Waals surface area contributed by atoms with Crippen molar-refractivity contribution in [2.24, 2.45) is 0 Å². The van der Waals surface area contributed by atoms with Crippen LogP contribution in [0.1, 0.15) is 15.9 Å². The first-order valence-electron chi connectivity index (χ1n) is 8.62. The van der Waals surface area contributed by atoms with Crippen LogP contribution >= 0.6 is 15.9 Å². The smallest absolute Gasteiger partial charge is 0.259 e. The highest BCUT2D eigenvalue weighted by Gasteiger charge is 2.16. The van der Waals surface area contributed by atoms with Crippen LogP contribution in [0.5, 0.6) is 11.5 Å². The Morgan fingerprint density at radius 2 is 1.90 bits per heavy atom. The van der Waals surface area contributed by atoms with Crippen molar-refractivity contribution in [2.45, 2.75) is 13.5 Å². The van der Waals surface area contributed by atoms with E-state index in [9.17, 15) is 14.7 Å². The van der Waals surface area contributed by atoms with Crippen LogP contribution in [0, 0.1) is 6.92 Å². The molecule has 0 fully saturated rings. The molecule has 3 rings (SSSR count). The molecule has 29 heavy (non-hydrogen) atoms. The SMILES string of the molecule is COc1ccc(NC(=O)Cn2cc(NC(=O)c3cc(C)cc(Br)c3O)cn2)cc1. The zero-order valence-electron chi connectivity index (χ0n) is 15.8. The average Bonchev–Trinajstić information content (AvgIpc) is 3.11. The first-order valence-corrected chi connectivity index (χ1v) is 9.42. The van der Waals surface area contributed by atoms with Crippen LogP contribution in [0.2, 0.25) is 0 Å². The lowest BCUT2D eigenvalue weighted by atomic mass is 10.1. The van der Waals surface area contributed by atoms with Gasteiger partial charge in [-0.05, 0) is 64.8 Å². The maximum absolute atomic E-state index is 12.4. The van der Waals surface area contributed by atoms with Gasteiger partial charge >= 0.3 is 0 Å². The van der Waals surface area contributed by atoms with Gasteiger partial charge in [-0.1, -0.05) is 0 Å². The van der Waals surface area contributed by atoms with Crippen molar-refractivity contribution in [3.63, 3.8) is 0 Å². The molecule has 0 aliphatic carbocycles. The molecule has 2 amide bonds. The van der Waals surface area contributed by atoms with E-state index < -0.39 is 5.91 Å². The summed E-state index contributed by atoms with van der Waals surface area (Å²) in [5, 5.41) is 19.6. The molecule has 0 atom stereocenters. The molecular weight excluding hydrogens is 440 g/mol. The van der Waals surface area contributed by atoms with Gasteiger partial charge in [-0.15, -0.1) is 0 Å². The molecule has 1 aromatic heterocycles. The Kier molecular flexibility index (Phi) is 6.18. The second-order valence-electron chi connectivity index (χ2n) is 6.30. The lowest BCUT2D eigenvalue weighted by Gasteiger charge is -2.08. The minimum Gasteiger partial charge on any atom is -0.506 e. The van der Waals surface area contributed by atoms with Gasteiger partial charge in [0.1, 0.15) is 18.0 Å². The van der Waals surface area contributed by atoms with Crippen LogP contribution in [-0.2, 0) is 11.3 Å². The number of carbonyl (C=O) groups is 2. The normalized spacial score (nSPS) is 10.4. The molecule has 0 radical (unpaired) electrons. The topological polar surface area (TPSA) is 105 Å². The number of rotatable bonds is 6. The maximum Gasteiger partial charge on any atom is 0.259 e. The molecule has 3 N–H and O–H groups in total. The van der Waals surface area contributed by atoms with Crippen LogP contribution < -0.4 is 15.4 Å². The van der Waals surface area contributed by atoms with Crippen molar-refractivity contribution in [1.82, 2.24) is 9.78 Å². The van der Waals surface area contributed by atoms with E-state index in [1.165, 1.54) is 17.1 Å². The Morgan fingerprint density at radius 3 is 2.59 bits per heavy atom. The highest BCUT2D eigenvalue weighted by Crippen LogP contribution is 2.29. The molecule has 0 saturated heterocycles. The maximum atomic E-state index is 12.4.